The second kappa shape index (κ2) is 6.20. The summed E-state index contributed by atoms with van der Waals surface area (Å²) >= 11 is 0.784. The van der Waals surface area contributed by atoms with Gasteiger partial charge in [0.25, 0.3) is 5.91 Å². The van der Waals surface area contributed by atoms with Gasteiger partial charge in [-0.05, 0) is 29.7 Å². The molecule has 0 aromatic carbocycles. The van der Waals surface area contributed by atoms with Crippen LogP contribution in [-0.4, -0.2) is 33.3 Å². The van der Waals surface area contributed by atoms with E-state index in [1.807, 2.05) is 6.92 Å². The third-order valence-electron chi connectivity index (χ3n) is 1.75. The number of aromatic nitrogens is 2. The van der Waals surface area contributed by atoms with Crippen molar-refractivity contribution in [2.75, 3.05) is 12.3 Å². The second-order valence-electron chi connectivity index (χ2n) is 2.95. The van der Waals surface area contributed by atoms with Crippen LogP contribution in [0.25, 0.3) is 0 Å². The summed E-state index contributed by atoms with van der Waals surface area (Å²) in [5.41, 5.74) is -3.69. The normalized spacial score (nSPS) is 11.5. The van der Waals surface area contributed by atoms with E-state index < -0.39 is 11.4 Å². The maximum absolute atomic E-state index is 11.8. The van der Waals surface area contributed by atoms with Crippen LogP contribution < -0.4 is 5.32 Å². The molecule has 1 aromatic rings. The van der Waals surface area contributed by atoms with Gasteiger partial charge in [0.15, 0.2) is 0 Å². The molecular weight excluding hydrogens is 275 g/mol. The SMILES string of the molecule is CCc1nnsc1C(=O)NCCSC(F)(F)F. The van der Waals surface area contributed by atoms with Crippen molar-refractivity contribution in [3.63, 3.8) is 0 Å². The van der Waals surface area contributed by atoms with E-state index in [2.05, 4.69) is 14.9 Å². The van der Waals surface area contributed by atoms with E-state index in [0.717, 1.165) is 11.5 Å². The summed E-state index contributed by atoms with van der Waals surface area (Å²) in [5.74, 6) is -0.622. The van der Waals surface area contributed by atoms with Crippen molar-refractivity contribution in [2.24, 2.45) is 0 Å². The molecule has 0 aliphatic heterocycles. The molecule has 17 heavy (non-hydrogen) atoms. The lowest BCUT2D eigenvalue weighted by atomic mass is 10.3. The lowest BCUT2D eigenvalue weighted by Crippen LogP contribution is -2.26. The maximum Gasteiger partial charge on any atom is 0.441 e. The van der Waals surface area contributed by atoms with Gasteiger partial charge in [0.1, 0.15) is 4.88 Å². The molecule has 0 aliphatic rings. The largest absolute Gasteiger partial charge is 0.441 e. The summed E-state index contributed by atoms with van der Waals surface area (Å²) in [7, 11) is 0. The molecule has 0 saturated heterocycles. The molecule has 1 amide bonds. The van der Waals surface area contributed by atoms with Crippen molar-refractivity contribution in [1.82, 2.24) is 14.9 Å². The number of hydrogen-bond donors (Lipinski definition) is 1. The third-order valence-corrected chi connectivity index (χ3v) is 3.25. The van der Waals surface area contributed by atoms with Gasteiger partial charge in [-0.1, -0.05) is 11.4 Å². The number of carbonyl (C=O) groups excluding carboxylic acids is 1. The zero-order chi connectivity index (χ0) is 12.9. The lowest BCUT2D eigenvalue weighted by molar-refractivity contribution is -0.0327. The van der Waals surface area contributed by atoms with Crippen molar-refractivity contribution in [2.45, 2.75) is 18.9 Å². The van der Waals surface area contributed by atoms with Gasteiger partial charge in [-0.2, -0.15) is 13.2 Å². The van der Waals surface area contributed by atoms with E-state index in [1.54, 1.807) is 0 Å². The Balaban J connectivity index is 2.36. The van der Waals surface area contributed by atoms with Crippen LogP contribution in [0.3, 0.4) is 0 Å². The minimum atomic E-state index is -4.26. The molecule has 0 saturated carbocycles. The highest BCUT2D eigenvalue weighted by Crippen LogP contribution is 2.29. The number of amides is 1. The molecule has 96 valence electrons. The minimum absolute atomic E-state index is 0.0376. The van der Waals surface area contributed by atoms with Crippen LogP contribution in [0.4, 0.5) is 13.2 Å². The molecule has 1 heterocycles. The van der Waals surface area contributed by atoms with Gasteiger partial charge in [-0.3, -0.25) is 4.79 Å². The van der Waals surface area contributed by atoms with E-state index in [0.29, 0.717) is 17.0 Å². The van der Waals surface area contributed by atoms with Crippen LogP contribution in [0.2, 0.25) is 0 Å². The van der Waals surface area contributed by atoms with Crippen molar-refractivity contribution in [1.29, 1.82) is 0 Å². The van der Waals surface area contributed by atoms with Gasteiger partial charge >= 0.3 is 5.51 Å². The predicted molar refractivity (Wildman–Crippen MR) is 60.1 cm³/mol. The summed E-state index contributed by atoms with van der Waals surface area (Å²) < 4.78 is 39.0. The van der Waals surface area contributed by atoms with Gasteiger partial charge in [-0.25, -0.2) is 0 Å². The minimum Gasteiger partial charge on any atom is -0.350 e. The molecular formula is C8H10F3N3OS2. The Kier molecular flexibility index (Phi) is 5.19. The first kappa shape index (κ1) is 14.2. The van der Waals surface area contributed by atoms with Gasteiger partial charge in [0.2, 0.25) is 0 Å². The van der Waals surface area contributed by atoms with Crippen molar-refractivity contribution >= 4 is 29.2 Å². The molecule has 1 rings (SSSR count). The molecule has 0 bridgehead atoms. The Hall–Kier alpha value is -0.830. The van der Waals surface area contributed by atoms with Gasteiger partial charge in [0.05, 0.1) is 5.69 Å². The summed E-state index contributed by atoms with van der Waals surface area (Å²) in [5, 5.41) is 6.15. The Morgan fingerprint density at radius 1 is 1.53 bits per heavy atom. The molecule has 4 nitrogen and oxygen atoms in total. The number of carbonyl (C=O) groups is 1. The molecule has 0 unspecified atom stereocenters. The second-order valence-corrected chi connectivity index (χ2v) is 4.87. The fraction of sp³-hybridized carbons (Fsp3) is 0.625. The fourth-order valence-corrected chi connectivity index (χ4v) is 2.13. The average Bonchev–Trinajstić information content (AvgIpc) is 2.70. The van der Waals surface area contributed by atoms with E-state index in [9.17, 15) is 18.0 Å². The molecule has 0 atom stereocenters. The summed E-state index contributed by atoms with van der Waals surface area (Å²) in [6.45, 7) is 1.79. The van der Waals surface area contributed by atoms with Crippen LogP contribution in [0.15, 0.2) is 0 Å². The Bertz CT molecular complexity index is 380. The number of thioether (sulfide) groups is 1. The van der Waals surface area contributed by atoms with E-state index in [4.69, 9.17) is 0 Å². The molecule has 1 N–H and O–H groups in total. The van der Waals surface area contributed by atoms with Crippen molar-refractivity contribution in [3.05, 3.63) is 10.6 Å². The summed E-state index contributed by atoms with van der Waals surface area (Å²) in [6, 6.07) is 0. The third kappa shape index (κ3) is 4.90. The van der Waals surface area contributed by atoms with Crippen LogP contribution in [0.5, 0.6) is 0 Å². The first-order valence-electron chi connectivity index (χ1n) is 4.74. The number of aryl methyl sites for hydroxylation is 1. The molecule has 0 aliphatic carbocycles. The zero-order valence-corrected chi connectivity index (χ0v) is 10.5. The first-order chi connectivity index (χ1) is 7.94. The van der Waals surface area contributed by atoms with E-state index >= 15 is 0 Å². The van der Waals surface area contributed by atoms with Gasteiger partial charge < -0.3 is 5.32 Å². The number of nitrogens with one attached hydrogen (secondary N) is 1. The Morgan fingerprint density at radius 3 is 2.82 bits per heavy atom. The summed E-state index contributed by atoms with van der Waals surface area (Å²) in [4.78, 5) is 11.9. The molecule has 0 fully saturated rings. The van der Waals surface area contributed by atoms with Crippen molar-refractivity contribution in [3.8, 4) is 0 Å². The molecule has 0 radical (unpaired) electrons. The van der Waals surface area contributed by atoms with Crippen LogP contribution in [0.1, 0.15) is 22.3 Å². The lowest BCUT2D eigenvalue weighted by Gasteiger charge is -2.06. The average molecular weight is 285 g/mol. The van der Waals surface area contributed by atoms with Crippen LogP contribution in [-0.2, 0) is 6.42 Å². The van der Waals surface area contributed by atoms with E-state index in [-0.39, 0.29) is 24.1 Å². The number of halogens is 3. The highest BCUT2D eigenvalue weighted by molar-refractivity contribution is 8.00. The Labute approximate surface area is 104 Å². The fourth-order valence-electron chi connectivity index (χ4n) is 1.02. The monoisotopic (exact) mass is 285 g/mol. The number of rotatable bonds is 5. The highest BCUT2D eigenvalue weighted by atomic mass is 32.2. The van der Waals surface area contributed by atoms with Gasteiger partial charge in [-0.15, -0.1) is 5.10 Å². The summed E-state index contributed by atoms with van der Waals surface area (Å²) in [6.07, 6.45) is 0.566. The van der Waals surface area contributed by atoms with Crippen molar-refractivity contribution < 1.29 is 18.0 Å². The smallest absolute Gasteiger partial charge is 0.350 e. The van der Waals surface area contributed by atoms with E-state index in [1.165, 1.54) is 0 Å². The number of alkyl halides is 3. The van der Waals surface area contributed by atoms with Crippen LogP contribution in [0, 0.1) is 0 Å². The first-order valence-corrected chi connectivity index (χ1v) is 6.50. The zero-order valence-electron chi connectivity index (χ0n) is 8.87. The number of nitrogens with zero attached hydrogens (tertiary/aromatic N) is 2. The quantitative estimate of drug-likeness (QED) is 0.842. The molecule has 0 spiro atoms. The van der Waals surface area contributed by atoms with Gasteiger partial charge in [0, 0.05) is 12.3 Å². The highest BCUT2D eigenvalue weighted by Gasteiger charge is 2.27. The Morgan fingerprint density at radius 2 is 2.24 bits per heavy atom. The maximum atomic E-state index is 11.8. The van der Waals surface area contributed by atoms with Crippen LogP contribution >= 0.6 is 23.3 Å². The number of hydrogen-bond acceptors (Lipinski definition) is 5. The molecule has 9 heteroatoms. The molecule has 1 aromatic heterocycles. The standard InChI is InChI=1S/C8H10F3N3OS2/c1-2-5-6(17-14-13-5)7(15)12-3-4-16-8(9,10)11/h2-4H2,1H3,(H,12,15). The topological polar surface area (TPSA) is 54.9 Å². The predicted octanol–water partition coefficient (Wildman–Crippen LogP) is 2.08.